The second kappa shape index (κ2) is 3.46. The maximum Gasteiger partial charge on any atom is 0.343 e. The van der Waals surface area contributed by atoms with Crippen LogP contribution in [0.3, 0.4) is 0 Å². The molecule has 4 nitrogen and oxygen atoms in total. The number of hydrogen-bond donors (Lipinski definition) is 0. The molecule has 0 amide bonds. The SMILES string of the molecule is COc1ccc(OC)c2c1C(=O)OC2C. The van der Waals surface area contributed by atoms with Gasteiger partial charge in [-0.15, -0.1) is 0 Å². The Kier molecular flexibility index (Phi) is 2.26. The number of hydrogen-bond acceptors (Lipinski definition) is 4. The van der Waals surface area contributed by atoms with Crippen molar-refractivity contribution in [3.05, 3.63) is 23.3 Å². The number of ether oxygens (including phenoxy) is 3. The van der Waals surface area contributed by atoms with E-state index in [0.29, 0.717) is 17.1 Å². The molecule has 1 aromatic rings. The summed E-state index contributed by atoms with van der Waals surface area (Å²) in [6, 6.07) is 3.48. The van der Waals surface area contributed by atoms with Crippen LogP contribution in [0.5, 0.6) is 11.5 Å². The van der Waals surface area contributed by atoms with Crippen molar-refractivity contribution >= 4 is 5.97 Å². The van der Waals surface area contributed by atoms with Crippen molar-refractivity contribution in [2.45, 2.75) is 13.0 Å². The topological polar surface area (TPSA) is 44.8 Å². The monoisotopic (exact) mass is 208 g/mol. The van der Waals surface area contributed by atoms with Gasteiger partial charge in [0, 0.05) is 0 Å². The first kappa shape index (κ1) is 9.83. The van der Waals surface area contributed by atoms with E-state index in [0.717, 1.165) is 5.56 Å². The number of esters is 1. The minimum atomic E-state index is -0.353. The number of fused-ring (bicyclic) bond motifs is 1. The first-order chi connectivity index (χ1) is 7.19. The van der Waals surface area contributed by atoms with E-state index in [9.17, 15) is 4.79 Å². The van der Waals surface area contributed by atoms with E-state index in [1.807, 2.05) is 6.92 Å². The second-order valence-electron chi connectivity index (χ2n) is 3.31. The average Bonchev–Trinajstić information content (AvgIpc) is 2.54. The van der Waals surface area contributed by atoms with E-state index >= 15 is 0 Å². The lowest BCUT2D eigenvalue weighted by molar-refractivity contribution is 0.0418. The summed E-state index contributed by atoms with van der Waals surface area (Å²) >= 11 is 0. The molecule has 1 aromatic carbocycles. The van der Waals surface area contributed by atoms with Gasteiger partial charge < -0.3 is 14.2 Å². The molecule has 0 aromatic heterocycles. The Morgan fingerprint density at radius 3 is 2.40 bits per heavy atom. The molecule has 2 rings (SSSR count). The van der Waals surface area contributed by atoms with Crippen molar-refractivity contribution in [2.75, 3.05) is 14.2 Å². The van der Waals surface area contributed by atoms with Gasteiger partial charge in [-0.1, -0.05) is 0 Å². The van der Waals surface area contributed by atoms with Crippen molar-refractivity contribution in [2.24, 2.45) is 0 Å². The van der Waals surface area contributed by atoms with Crippen LogP contribution in [0.4, 0.5) is 0 Å². The lowest BCUT2D eigenvalue weighted by Gasteiger charge is -2.10. The highest BCUT2D eigenvalue weighted by atomic mass is 16.6. The Hall–Kier alpha value is -1.71. The van der Waals surface area contributed by atoms with Crippen LogP contribution in [0.25, 0.3) is 0 Å². The maximum atomic E-state index is 11.6. The van der Waals surface area contributed by atoms with Gasteiger partial charge in [0.15, 0.2) is 0 Å². The zero-order valence-electron chi connectivity index (χ0n) is 8.87. The number of cyclic esters (lactones) is 1. The van der Waals surface area contributed by atoms with Gasteiger partial charge in [-0.3, -0.25) is 0 Å². The summed E-state index contributed by atoms with van der Waals surface area (Å²) < 4.78 is 15.4. The Morgan fingerprint density at radius 1 is 1.20 bits per heavy atom. The van der Waals surface area contributed by atoms with Gasteiger partial charge in [0.1, 0.15) is 23.2 Å². The van der Waals surface area contributed by atoms with Crippen LogP contribution < -0.4 is 9.47 Å². The quantitative estimate of drug-likeness (QED) is 0.696. The fraction of sp³-hybridized carbons (Fsp3) is 0.364. The van der Waals surface area contributed by atoms with Gasteiger partial charge in [0.25, 0.3) is 0 Å². The molecule has 0 bridgehead atoms. The molecule has 1 atom stereocenters. The molecule has 15 heavy (non-hydrogen) atoms. The Labute approximate surface area is 87.8 Å². The number of benzene rings is 1. The number of carbonyl (C=O) groups excluding carboxylic acids is 1. The third-order valence-corrected chi connectivity index (χ3v) is 2.50. The van der Waals surface area contributed by atoms with Crippen LogP contribution in [-0.2, 0) is 4.74 Å². The number of carbonyl (C=O) groups is 1. The van der Waals surface area contributed by atoms with Crippen LogP contribution in [0.15, 0.2) is 12.1 Å². The minimum absolute atomic E-state index is 0.280. The molecule has 0 N–H and O–H groups in total. The highest BCUT2D eigenvalue weighted by Gasteiger charge is 2.34. The summed E-state index contributed by atoms with van der Waals surface area (Å²) in [4.78, 5) is 11.6. The van der Waals surface area contributed by atoms with Crippen molar-refractivity contribution < 1.29 is 19.0 Å². The van der Waals surface area contributed by atoms with Crippen molar-refractivity contribution in [1.29, 1.82) is 0 Å². The molecular weight excluding hydrogens is 196 g/mol. The zero-order chi connectivity index (χ0) is 11.0. The molecule has 0 radical (unpaired) electrons. The summed E-state index contributed by atoms with van der Waals surface area (Å²) in [7, 11) is 3.09. The molecule has 0 saturated carbocycles. The zero-order valence-corrected chi connectivity index (χ0v) is 8.87. The van der Waals surface area contributed by atoms with E-state index in [-0.39, 0.29) is 12.1 Å². The van der Waals surface area contributed by atoms with Crippen LogP contribution in [-0.4, -0.2) is 20.2 Å². The predicted molar refractivity (Wildman–Crippen MR) is 53.4 cm³/mol. The summed E-state index contributed by atoms with van der Waals surface area (Å²) in [6.45, 7) is 1.81. The van der Waals surface area contributed by atoms with E-state index in [1.54, 1.807) is 19.2 Å². The minimum Gasteiger partial charge on any atom is -0.496 e. The van der Waals surface area contributed by atoms with Gasteiger partial charge in [-0.25, -0.2) is 4.79 Å². The second-order valence-corrected chi connectivity index (χ2v) is 3.31. The summed E-state index contributed by atoms with van der Waals surface area (Å²) in [5.41, 5.74) is 1.24. The first-order valence-electron chi connectivity index (χ1n) is 4.65. The van der Waals surface area contributed by atoms with E-state index in [2.05, 4.69) is 0 Å². The standard InChI is InChI=1S/C11H12O4/c1-6-9-7(13-2)4-5-8(14-3)10(9)11(12)15-6/h4-6H,1-3H3. The third-order valence-electron chi connectivity index (χ3n) is 2.50. The van der Waals surface area contributed by atoms with Crippen LogP contribution >= 0.6 is 0 Å². The summed E-state index contributed by atoms with van der Waals surface area (Å²) in [6.07, 6.45) is -0.280. The molecular formula is C11H12O4. The third kappa shape index (κ3) is 1.33. The fourth-order valence-electron chi connectivity index (χ4n) is 1.82. The smallest absolute Gasteiger partial charge is 0.343 e. The van der Waals surface area contributed by atoms with Gasteiger partial charge in [-0.2, -0.15) is 0 Å². The van der Waals surface area contributed by atoms with Crippen molar-refractivity contribution in [3.8, 4) is 11.5 Å². The van der Waals surface area contributed by atoms with E-state index in [1.165, 1.54) is 7.11 Å². The molecule has 80 valence electrons. The lowest BCUT2D eigenvalue weighted by atomic mass is 10.0. The molecule has 0 spiro atoms. The van der Waals surface area contributed by atoms with Crippen LogP contribution in [0.2, 0.25) is 0 Å². The number of methoxy groups -OCH3 is 2. The van der Waals surface area contributed by atoms with Gasteiger partial charge in [-0.05, 0) is 19.1 Å². The first-order valence-corrected chi connectivity index (χ1v) is 4.65. The molecule has 1 aliphatic rings. The molecule has 1 unspecified atom stereocenters. The fourth-order valence-corrected chi connectivity index (χ4v) is 1.82. The van der Waals surface area contributed by atoms with Crippen molar-refractivity contribution in [1.82, 2.24) is 0 Å². The molecule has 0 fully saturated rings. The maximum absolute atomic E-state index is 11.6. The van der Waals surface area contributed by atoms with Crippen LogP contribution in [0.1, 0.15) is 28.9 Å². The molecule has 1 heterocycles. The lowest BCUT2D eigenvalue weighted by Crippen LogP contribution is -1.99. The summed E-state index contributed by atoms with van der Waals surface area (Å²) in [5.74, 6) is 0.831. The van der Waals surface area contributed by atoms with Gasteiger partial charge in [0.05, 0.1) is 19.8 Å². The molecule has 0 saturated heterocycles. The normalized spacial score (nSPS) is 18.3. The highest BCUT2D eigenvalue weighted by molar-refractivity contribution is 5.98. The highest BCUT2D eigenvalue weighted by Crippen LogP contribution is 2.41. The average molecular weight is 208 g/mol. The number of rotatable bonds is 2. The Balaban J connectivity index is 2.67. The van der Waals surface area contributed by atoms with Gasteiger partial charge in [0.2, 0.25) is 0 Å². The van der Waals surface area contributed by atoms with Crippen molar-refractivity contribution in [3.63, 3.8) is 0 Å². The van der Waals surface area contributed by atoms with E-state index in [4.69, 9.17) is 14.2 Å². The van der Waals surface area contributed by atoms with E-state index < -0.39 is 0 Å². The molecule has 0 aliphatic carbocycles. The largest absolute Gasteiger partial charge is 0.496 e. The van der Waals surface area contributed by atoms with Gasteiger partial charge >= 0.3 is 5.97 Å². The van der Waals surface area contributed by atoms with Crippen LogP contribution in [0, 0.1) is 0 Å². The summed E-state index contributed by atoms with van der Waals surface area (Å²) in [5, 5.41) is 0. The molecule has 4 heteroatoms. The molecule has 1 aliphatic heterocycles. The Bertz CT molecular complexity index is 411. The predicted octanol–water partition coefficient (Wildman–Crippen LogP) is 1.94. The Morgan fingerprint density at radius 2 is 1.80 bits per heavy atom.